The first-order chi connectivity index (χ1) is 10.5. The molecule has 0 fully saturated rings. The number of nitrogens with zero attached hydrogens (tertiary/aromatic N) is 2. The Morgan fingerprint density at radius 2 is 1.91 bits per heavy atom. The summed E-state index contributed by atoms with van der Waals surface area (Å²) in [6.07, 6.45) is 1.66. The molecule has 0 atom stereocenters. The van der Waals surface area contributed by atoms with Crippen molar-refractivity contribution >= 4 is 33.1 Å². The minimum atomic E-state index is -3.69. The van der Waals surface area contributed by atoms with Gasteiger partial charge in [-0.25, -0.2) is 13.4 Å². The maximum atomic E-state index is 12.3. The van der Waals surface area contributed by atoms with Crippen molar-refractivity contribution in [1.29, 1.82) is 0 Å². The number of nitrogens with one attached hydrogen (secondary N) is 1. The fraction of sp³-hybridized carbons (Fsp3) is 0.267. The van der Waals surface area contributed by atoms with E-state index in [4.69, 9.17) is 11.6 Å². The Hall–Kier alpha value is -1.79. The van der Waals surface area contributed by atoms with Crippen LogP contribution in [-0.2, 0) is 10.0 Å². The van der Waals surface area contributed by atoms with E-state index in [2.05, 4.69) is 28.5 Å². The van der Waals surface area contributed by atoms with Crippen molar-refractivity contribution in [3.63, 3.8) is 0 Å². The van der Waals surface area contributed by atoms with Crippen molar-refractivity contribution in [2.75, 3.05) is 22.7 Å². The number of rotatable bonds is 6. The molecule has 0 bridgehead atoms. The summed E-state index contributed by atoms with van der Waals surface area (Å²) in [6, 6.07) is 9.59. The average molecular weight is 340 g/mol. The number of aromatic nitrogens is 1. The molecule has 0 aliphatic heterocycles. The average Bonchev–Trinajstić information content (AvgIpc) is 2.50. The molecule has 22 heavy (non-hydrogen) atoms. The molecule has 1 aromatic carbocycles. The molecule has 118 valence electrons. The van der Waals surface area contributed by atoms with E-state index < -0.39 is 10.0 Å². The van der Waals surface area contributed by atoms with Crippen molar-refractivity contribution in [2.24, 2.45) is 0 Å². The molecule has 2 aromatic rings. The van der Waals surface area contributed by atoms with Crippen molar-refractivity contribution in [1.82, 2.24) is 4.98 Å². The van der Waals surface area contributed by atoms with Gasteiger partial charge in [0.15, 0.2) is 0 Å². The molecule has 0 saturated heterocycles. The van der Waals surface area contributed by atoms with E-state index in [0.717, 1.165) is 18.8 Å². The highest BCUT2D eigenvalue weighted by molar-refractivity contribution is 7.92. The van der Waals surface area contributed by atoms with E-state index in [9.17, 15) is 8.42 Å². The summed E-state index contributed by atoms with van der Waals surface area (Å²) in [5.74, 6) is 0.274. The molecule has 0 spiro atoms. The second kappa shape index (κ2) is 6.98. The van der Waals surface area contributed by atoms with Crippen LogP contribution in [0, 0.1) is 0 Å². The number of hydrogen-bond acceptors (Lipinski definition) is 4. The number of pyridine rings is 1. The Morgan fingerprint density at radius 3 is 2.45 bits per heavy atom. The highest BCUT2D eigenvalue weighted by Crippen LogP contribution is 2.20. The Balaban J connectivity index is 2.20. The third-order valence-electron chi connectivity index (χ3n) is 3.22. The largest absolute Gasteiger partial charge is 0.371 e. The zero-order chi connectivity index (χ0) is 16.2. The number of anilines is 2. The van der Waals surface area contributed by atoms with Crippen LogP contribution in [0.5, 0.6) is 0 Å². The Kier molecular flexibility index (Phi) is 5.26. The topological polar surface area (TPSA) is 62.3 Å². The van der Waals surface area contributed by atoms with Crippen LogP contribution in [0.2, 0.25) is 5.02 Å². The third kappa shape index (κ3) is 3.90. The molecule has 0 saturated carbocycles. The lowest BCUT2D eigenvalue weighted by Crippen LogP contribution is -2.22. The highest BCUT2D eigenvalue weighted by Gasteiger charge is 2.15. The summed E-state index contributed by atoms with van der Waals surface area (Å²) >= 11 is 5.83. The molecule has 0 radical (unpaired) electrons. The molecule has 1 heterocycles. The van der Waals surface area contributed by atoms with E-state index in [0.29, 0.717) is 5.02 Å². The lowest BCUT2D eigenvalue weighted by Gasteiger charge is -2.20. The third-order valence-corrected chi connectivity index (χ3v) is 4.81. The van der Waals surface area contributed by atoms with E-state index in [1.165, 1.54) is 12.1 Å². The van der Waals surface area contributed by atoms with Crippen molar-refractivity contribution in [3.8, 4) is 0 Å². The smallest absolute Gasteiger partial charge is 0.263 e. The van der Waals surface area contributed by atoms with E-state index >= 15 is 0 Å². The molecule has 0 unspecified atom stereocenters. The van der Waals surface area contributed by atoms with E-state index in [1.807, 2.05) is 6.07 Å². The van der Waals surface area contributed by atoms with Gasteiger partial charge in [-0.3, -0.25) is 4.72 Å². The van der Waals surface area contributed by atoms with Gasteiger partial charge in [-0.15, -0.1) is 0 Å². The second-order valence-corrected chi connectivity index (χ2v) is 6.76. The maximum absolute atomic E-state index is 12.3. The van der Waals surface area contributed by atoms with Gasteiger partial charge in [0.25, 0.3) is 10.0 Å². The SMILES string of the molecule is CCN(CC)c1ccc(NS(=O)(=O)c2cccc(Cl)c2)nc1. The molecule has 1 aromatic heterocycles. The second-order valence-electron chi connectivity index (χ2n) is 4.64. The van der Waals surface area contributed by atoms with Crippen LogP contribution in [0.15, 0.2) is 47.5 Å². The summed E-state index contributed by atoms with van der Waals surface area (Å²) in [4.78, 5) is 6.40. The fourth-order valence-electron chi connectivity index (χ4n) is 2.05. The Labute approximate surface area is 136 Å². The summed E-state index contributed by atoms with van der Waals surface area (Å²) in [7, 11) is -3.69. The van der Waals surface area contributed by atoms with Gasteiger partial charge >= 0.3 is 0 Å². The molecular weight excluding hydrogens is 322 g/mol. The molecule has 7 heteroatoms. The van der Waals surface area contributed by atoms with Crippen LogP contribution in [0.3, 0.4) is 0 Å². The molecule has 5 nitrogen and oxygen atoms in total. The highest BCUT2D eigenvalue weighted by atomic mass is 35.5. The van der Waals surface area contributed by atoms with Crippen molar-refractivity contribution in [2.45, 2.75) is 18.7 Å². The number of halogens is 1. The van der Waals surface area contributed by atoms with Crippen LogP contribution in [-0.4, -0.2) is 26.5 Å². The zero-order valence-electron chi connectivity index (χ0n) is 12.5. The number of benzene rings is 1. The summed E-state index contributed by atoms with van der Waals surface area (Å²) in [6.45, 7) is 5.84. The fourth-order valence-corrected chi connectivity index (χ4v) is 3.36. The van der Waals surface area contributed by atoms with E-state index in [-0.39, 0.29) is 10.7 Å². The van der Waals surface area contributed by atoms with Gasteiger partial charge in [0.2, 0.25) is 0 Å². The van der Waals surface area contributed by atoms with Gasteiger partial charge in [0.1, 0.15) is 5.82 Å². The van der Waals surface area contributed by atoms with Gasteiger partial charge in [0.05, 0.1) is 16.8 Å². The quantitative estimate of drug-likeness (QED) is 0.876. The Morgan fingerprint density at radius 1 is 1.18 bits per heavy atom. The van der Waals surface area contributed by atoms with Crippen LogP contribution in [0.1, 0.15) is 13.8 Å². The van der Waals surface area contributed by atoms with Gasteiger partial charge in [-0.2, -0.15) is 0 Å². The monoisotopic (exact) mass is 339 g/mol. The first-order valence-corrected chi connectivity index (χ1v) is 8.81. The maximum Gasteiger partial charge on any atom is 0.263 e. The van der Waals surface area contributed by atoms with Crippen molar-refractivity contribution in [3.05, 3.63) is 47.6 Å². The summed E-state index contributed by atoms with van der Waals surface area (Å²) in [5, 5.41) is 0.368. The minimum absolute atomic E-state index is 0.106. The molecule has 0 aliphatic carbocycles. The van der Waals surface area contributed by atoms with E-state index in [1.54, 1.807) is 24.4 Å². The van der Waals surface area contributed by atoms with Crippen LogP contribution in [0.25, 0.3) is 0 Å². The Bertz CT molecular complexity index is 729. The van der Waals surface area contributed by atoms with Crippen LogP contribution < -0.4 is 9.62 Å². The van der Waals surface area contributed by atoms with Gasteiger partial charge in [0, 0.05) is 18.1 Å². The number of sulfonamides is 1. The molecule has 0 aliphatic rings. The molecule has 1 N–H and O–H groups in total. The first-order valence-electron chi connectivity index (χ1n) is 6.95. The van der Waals surface area contributed by atoms with Gasteiger partial charge in [-0.05, 0) is 44.2 Å². The standard InChI is InChI=1S/C15H18ClN3O2S/c1-3-19(4-2)13-8-9-15(17-11-13)18-22(20,21)14-7-5-6-12(16)10-14/h5-11H,3-4H2,1-2H3,(H,17,18). The lowest BCUT2D eigenvalue weighted by molar-refractivity contribution is 0.601. The van der Waals surface area contributed by atoms with Gasteiger partial charge < -0.3 is 4.90 Å². The van der Waals surface area contributed by atoms with Crippen LogP contribution >= 0.6 is 11.6 Å². The predicted octanol–water partition coefficient (Wildman–Crippen LogP) is 3.38. The predicted molar refractivity (Wildman–Crippen MR) is 90.1 cm³/mol. The summed E-state index contributed by atoms with van der Waals surface area (Å²) < 4.78 is 27.0. The molecular formula is C15H18ClN3O2S. The molecule has 0 amide bonds. The van der Waals surface area contributed by atoms with Gasteiger partial charge in [-0.1, -0.05) is 17.7 Å². The molecule has 2 rings (SSSR count). The lowest BCUT2D eigenvalue weighted by atomic mass is 10.3. The van der Waals surface area contributed by atoms with Crippen molar-refractivity contribution < 1.29 is 8.42 Å². The normalized spacial score (nSPS) is 11.2. The van der Waals surface area contributed by atoms with Crippen LogP contribution in [0.4, 0.5) is 11.5 Å². The number of hydrogen-bond donors (Lipinski definition) is 1. The first kappa shape index (κ1) is 16.6. The summed E-state index contributed by atoms with van der Waals surface area (Å²) in [5.41, 5.74) is 0.954. The minimum Gasteiger partial charge on any atom is -0.371 e. The zero-order valence-corrected chi connectivity index (χ0v) is 14.0.